The molecule has 3 aromatic heterocycles. The maximum atomic E-state index is 12.6. The highest BCUT2D eigenvalue weighted by Gasteiger charge is 2.16. The number of rotatable bonds is 3. The first-order chi connectivity index (χ1) is 12.6. The van der Waals surface area contributed by atoms with Gasteiger partial charge in [-0.2, -0.15) is 5.10 Å². The Morgan fingerprint density at radius 2 is 2.00 bits per heavy atom. The fourth-order valence-electron chi connectivity index (χ4n) is 2.68. The summed E-state index contributed by atoms with van der Waals surface area (Å²) < 4.78 is 1.03. The molecule has 0 aliphatic carbocycles. The minimum atomic E-state index is -0.619. The van der Waals surface area contributed by atoms with Gasteiger partial charge in [0, 0.05) is 10.3 Å². The van der Waals surface area contributed by atoms with Crippen LogP contribution in [0.4, 0.5) is 0 Å². The number of nitrogens with zero attached hydrogens (tertiary/aromatic N) is 3. The molecule has 0 saturated heterocycles. The second-order valence-corrected chi connectivity index (χ2v) is 6.71. The van der Waals surface area contributed by atoms with Crippen molar-refractivity contribution in [3.05, 3.63) is 67.9 Å². The van der Waals surface area contributed by atoms with Crippen molar-refractivity contribution < 1.29 is 4.79 Å². The summed E-state index contributed by atoms with van der Waals surface area (Å²) in [6.07, 6.45) is 2.08. The van der Waals surface area contributed by atoms with Gasteiger partial charge in [-0.15, -0.1) is 11.3 Å². The summed E-state index contributed by atoms with van der Waals surface area (Å²) in [6, 6.07) is 8.42. The highest BCUT2D eigenvalue weighted by atomic mass is 32.1. The van der Waals surface area contributed by atoms with Gasteiger partial charge in [0.05, 0.1) is 10.8 Å². The van der Waals surface area contributed by atoms with Crippen LogP contribution in [0.2, 0.25) is 0 Å². The summed E-state index contributed by atoms with van der Waals surface area (Å²) in [5.74, 6) is -0.619. The predicted molar refractivity (Wildman–Crippen MR) is 99.3 cm³/mol. The summed E-state index contributed by atoms with van der Waals surface area (Å²) in [5.41, 5.74) is 1.75. The third-order valence-corrected chi connectivity index (χ3v) is 5.17. The van der Waals surface area contributed by atoms with Gasteiger partial charge in [-0.05, 0) is 18.6 Å². The van der Waals surface area contributed by atoms with Crippen molar-refractivity contribution in [2.45, 2.75) is 13.3 Å². The molecule has 4 aromatic rings. The lowest BCUT2D eigenvalue weighted by atomic mass is 10.1. The first-order valence-electron chi connectivity index (χ1n) is 7.87. The molecule has 3 heterocycles. The SMILES string of the molecule is CCc1cc2c(=O)n(NC(=O)c3n[nH]c(=O)c4ccccc34)cnc2s1. The van der Waals surface area contributed by atoms with E-state index in [4.69, 9.17) is 0 Å². The molecule has 0 bridgehead atoms. The van der Waals surface area contributed by atoms with Crippen LogP contribution in [0.3, 0.4) is 0 Å². The van der Waals surface area contributed by atoms with Gasteiger partial charge in [-0.1, -0.05) is 25.1 Å². The second-order valence-electron chi connectivity index (χ2n) is 5.59. The zero-order valence-electron chi connectivity index (χ0n) is 13.6. The number of H-pyrrole nitrogens is 1. The molecule has 9 heteroatoms. The number of benzene rings is 1. The van der Waals surface area contributed by atoms with Gasteiger partial charge in [0.25, 0.3) is 17.0 Å². The number of hydrogen-bond acceptors (Lipinski definition) is 6. The lowest BCUT2D eigenvalue weighted by molar-refractivity contribution is 0.100. The number of fused-ring (bicyclic) bond motifs is 2. The van der Waals surface area contributed by atoms with E-state index in [1.54, 1.807) is 30.3 Å². The van der Waals surface area contributed by atoms with Gasteiger partial charge in [0.15, 0.2) is 5.69 Å². The van der Waals surface area contributed by atoms with Crippen molar-refractivity contribution in [1.82, 2.24) is 19.9 Å². The van der Waals surface area contributed by atoms with Crippen molar-refractivity contribution in [1.29, 1.82) is 0 Å². The molecule has 0 aliphatic heterocycles. The molecule has 0 fully saturated rings. The average Bonchev–Trinajstić information content (AvgIpc) is 3.09. The van der Waals surface area contributed by atoms with Crippen LogP contribution in [-0.2, 0) is 6.42 Å². The molecule has 2 N–H and O–H groups in total. The Morgan fingerprint density at radius 1 is 1.23 bits per heavy atom. The molecule has 26 heavy (non-hydrogen) atoms. The Balaban J connectivity index is 1.77. The Hall–Kier alpha value is -3.33. The Labute approximate surface area is 150 Å². The van der Waals surface area contributed by atoms with E-state index in [2.05, 4.69) is 20.6 Å². The molecule has 4 rings (SSSR count). The van der Waals surface area contributed by atoms with Crippen LogP contribution in [0.25, 0.3) is 21.0 Å². The van der Waals surface area contributed by atoms with Crippen LogP contribution in [0.5, 0.6) is 0 Å². The molecule has 0 saturated carbocycles. The molecule has 8 nitrogen and oxygen atoms in total. The minimum absolute atomic E-state index is 0.0202. The van der Waals surface area contributed by atoms with E-state index in [1.165, 1.54) is 17.7 Å². The molecule has 0 aliphatic rings. The van der Waals surface area contributed by atoms with E-state index in [9.17, 15) is 14.4 Å². The number of carbonyl (C=O) groups is 1. The number of hydrogen-bond donors (Lipinski definition) is 2. The van der Waals surface area contributed by atoms with E-state index in [1.807, 2.05) is 6.92 Å². The zero-order chi connectivity index (χ0) is 18.3. The second kappa shape index (κ2) is 6.19. The number of carbonyl (C=O) groups excluding carboxylic acids is 1. The molecule has 0 spiro atoms. The number of aryl methyl sites for hydroxylation is 1. The van der Waals surface area contributed by atoms with E-state index < -0.39 is 5.91 Å². The lowest BCUT2D eigenvalue weighted by Gasteiger charge is -2.08. The first kappa shape index (κ1) is 16.2. The smallest absolute Gasteiger partial charge is 0.267 e. The summed E-state index contributed by atoms with van der Waals surface area (Å²) in [4.78, 5) is 42.9. The fraction of sp³-hybridized carbons (Fsp3) is 0.118. The summed E-state index contributed by atoms with van der Waals surface area (Å²) in [6.45, 7) is 2.00. The number of aromatic nitrogens is 4. The van der Waals surface area contributed by atoms with Gasteiger partial charge in [0.2, 0.25) is 0 Å². The van der Waals surface area contributed by atoms with Crippen molar-refractivity contribution in [2.24, 2.45) is 0 Å². The Bertz CT molecular complexity index is 1270. The van der Waals surface area contributed by atoms with Crippen LogP contribution in [0.1, 0.15) is 22.3 Å². The summed E-state index contributed by atoms with van der Waals surface area (Å²) in [5, 5.41) is 7.33. The first-order valence-corrected chi connectivity index (χ1v) is 8.69. The minimum Gasteiger partial charge on any atom is -0.267 e. The van der Waals surface area contributed by atoms with Gasteiger partial charge in [-0.3, -0.25) is 19.8 Å². The van der Waals surface area contributed by atoms with Gasteiger partial charge in [-0.25, -0.2) is 14.8 Å². The standard InChI is InChI=1S/C17H13N5O3S/c1-2-9-7-12-16(26-9)18-8-22(17(12)25)21-15(24)13-10-5-3-4-6-11(10)14(23)20-19-13/h3-8H,2H2,1H3,(H,20,23)(H,21,24). The lowest BCUT2D eigenvalue weighted by Crippen LogP contribution is -2.34. The summed E-state index contributed by atoms with van der Waals surface area (Å²) >= 11 is 1.45. The normalized spacial score (nSPS) is 11.1. The number of nitrogens with one attached hydrogen (secondary N) is 2. The van der Waals surface area contributed by atoms with Crippen molar-refractivity contribution in [3.8, 4) is 0 Å². The highest BCUT2D eigenvalue weighted by Crippen LogP contribution is 2.20. The van der Waals surface area contributed by atoms with Gasteiger partial charge < -0.3 is 0 Å². The molecule has 0 radical (unpaired) electrons. The van der Waals surface area contributed by atoms with E-state index in [0.29, 0.717) is 21.0 Å². The number of aromatic amines is 1. The quantitative estimate of drug-likeness (QED) is 0.572. The number of thiophene rings is 1. The maximum absolute atomic E-state index is 12.6. The van der Waals surface area contributed by atoms with Crippen molar-refractivity contribution in [2.75, 3.05) is 5.43 Å². The Morgan fingerprint density at radius 3 is 2.77 bits per heavy atom. The van der Waals surface area contributed by atoms with Gasteiger partial charge in [0.1, 0.15) is 11.2 Å². The largest absolute Gasteiger partial charge is 0.291 e. The topological polar surface area (TPSA) is 110 Å². The Kier molecular flexibility index (Phi) is 3.85. The van der Waals surface area contributed by atoms with E-state index >= 15 is 0 Å². The van der Waals surface area contributed by atoms with Crippen LogP contribution in [0.15, 0.2) is 46.2 Å². The molecule has 0 atom stereocenters. The van der Waals surface area contributed by atoms with Gasteiger partial charge >= 0.3 is 0 Å². The van der Waals surface area contributed by atoms with Crippen LogP contribution in [0, 0.1) is 0 Å². The fourth-order valence-corrected chi connectivity index (χ4v) is 3.60. The zero-order valence-corrected chi connectivity index (χ0v) is 14.5. The molecule has 0 unspecified atom stereocenters. The summed E-state index contributed by atoms with van der Waals surface area (Å²) in [7, 11) is 0. The highest BCUT2D eigenvalue weighted by molar-refractivity contribution is 7.18. The third-order valence-electron chi connectivity index (χ3n) is 3.98. The average molecular weight is 367 g/mol. The predicted octanol–water partition coefficient (Wildman–Crippen LogP) is 1.64. The molecule has 1 aromatic carbocycles. The van der Waals surface area contributed by atoms with Crippen LogP contribution in [-0.4, -0.2) is 25.8 Å². The number of amides is 1. The molecule has 1 amide bonds. The van der Waals surface area contributed by atoms with Crippen LogP contribution < -0.4 is 16.5 Å². The van der Waals surface area contributed by atoms with E-state index in [0.717, 1.165) is 16.0 Å². The van der Waals surface area contributed by atoms with Crippen LogP contribution >= 0.6 is 11.3 Å². The molecular formula is C17H13N5O3S. The van der Waals surface area contributed by atoms with Crippen molar-refractivity contribution in [3.63, 3.8) is 0 Å². The van der Waals surface area contributed by atoms with E-state index in [-0.39, 0.29) is 16.8 Å². The maximum Gasteiger partial charge on any atom is 0.291 e. The third kappa shape index (κ3) is 2.58. The monoisotopic (exact) mass is 367 g/mol. The van der Waals surface area contributed by atoms with Crippen molar-refractivity contribution >= 4 is 38.2 Å². The molecule has 130 valence electrons. The molecular weight excluding hydrogens is 354 g/mol.